The van der Waals surface area contributed by atoms with Crippen LogP contribution >= 0.6 is 0 Å². The lowest BCUT2D eigenvalue weighted by Crippen LogP contribution is -2.14. The molecule has 12 aromatic rings. The van der Waals surface area contributed by atoms with E-state index >= 15 is 0 Å². The van der Waals surface area contributed by atoms with Crippen LogP contribution in [0.15, 0.2) is 223 Å². The zero-order valence-corrected chi connectivity index (χ0v) is 35.6. The molecule has 2 aromatic heterocycles. The van der Waals surface area contributed by atoms with Gasteiger partial charge < -0.3 is 13.9 Å². The van der Waals surface area contributed by atoms with Crippen LogP contribution in [0.4, 0.5) is 17.1 Å². The van der Waals surface area contributed by atoms with Crippen molar-refractivity contribution in [1.29, 1.82) is 0 Å². The Morgan fingerprint density at radius 3 is 1.86 bits per heavy atom. The maximum atomic E-state index is 7.08. The second-order valence-electron chi connectivity index (χ2n) is 17.6. The van der Waals surface area contributed by atoms with Crippen molar-refractivity contribution < 1.29 is 4.42 Å². The summed E-state index contributed by atoms with van der Waals surface area (Å²) in [4.78, 5) is 2.45. The summed E-state index contributed by atoms with van der Waals surface area (Å²) in [7, 11) is 0. The molecular weight excluding hydrogens is 777 g/mol. The maximum absolute atomic E-state index is 7.08. The summed E-state index contributed by atoms with van der Waals surface area (Å²) in [5.41, 5.74) is 18.2. The number of fused-ring (bicyclic) bond motifs is 10. The number of hydrogen-bond acceptors (Lipinski definition) is 2. The fourth-order valence-electron chi connectivity index (χ4n) is 10.8. The molecule has 0 saturated carbocycles. The molecule has 0 saturated heterocycles. The van der Waals surface area contributed by atoms with Crippen LogP contribution in [0.25, 0.3) is 93.6 Å². The van der Waals surface area contributed by atoms with E-state index in [-0.39, 0.29) is 5.41 Å². The van der Waals surface area contributed by atoms with Gasteiger partial charge in [-0.3, -0.25) is 0 Å². The predicted octanol–water partition coefficient (Wildman–Crippen LogP) is 16.9. The molecule has 0 aliphatic heterocycles. The number of hydrogen-bond donors (Lipinski definition) is 0. The summed E-state index contributed by atoms with van der Waals surface area (Å²) in [6, 6.07) is 79.6. The number of furan rings is 1. The minimum absolute atomic E-state index is 0.0929. The van der Waals surface area contributed by atoms with Gasteiger partial charge in [0.25, 0.3) is 0 Å². The van der Waals surface area contributed by atoms with Crippen molar-refractivity contribution in [1.82, 2.24) is 4.57 Å². The molecule has 0 unspecified atom stereocenters. The number of rotatable bonds is 6. The van der Waals surface area contributed by atoms with Crippen molar-refractivity contribution in [3.05, 3.63) is 230 Å². The van der Waals surface area contributed by atoms with Crippen molar-refractivity contribution in [3.63, 3.8) is 0 Å². The predicted molar refractivity (Wildman–Crippen MR) is 269 cm³/mol. The van der Waals surface area contributed by atoms with Gasteiger partial charge in [0.05, 0.1) is 33.5 Å². The third-order valence-electron chi connectivity index (χ3n) is 13.8. The van der Waals surface area contributed by atoms with E-state index in [4.69, 9.17) is 4.42 Å². The first-order valence-electron chi connectivity index (χ1n) is 22.2. The summed E-state index contributed by atoms with van der Waals surface area (Å²) >= 11 is 0. The van der Waals surface area contributed by atoms with Crippen LogP contribution in [0.2, 0.25) is 0 Å². The van der Waals surface area contributed by atoms with Gasteiger partial charge in [-0.2, -0.15) is 0 Å². The molecule has 0 fully saturated rings. The van der Waals surface area contributed by atoms with Gasteiger partial charge in [-0.25, -0.2) is 0 Å². The molecule has 0 radical (unpaired) electrons. The van der Waals surface area contributed by atoms with Gasteiger partial charge in [0.15, 0.2) is 0 Å². The molecule has 3 heteroatoms. The highest BCUT2D eigenvalue weighted by molar-refractivity contribution is 6.19. The Labute approximate surface area is 371 Å². The van der Waals surface area contributed by atoms with Gasteiger partial charge in [-0.05, 0) is 99.4 Å². The molecule has 1 aliphatic rings. The Kier molecular flexibility index (Phi) is 7.95. The lowest BCUT2D eigenvalue weighted by molar-refractivity contribution is 0.660. The van der Waals surface area contributed by atoms with E-state index < -0.39 is 0 Å². The second kappa shape index (κ2) is 13.9. The van der Waals surface area contributed by atoms with E-state index in [2.05, 4.69) is 242 Å². The van der Waals surface area contributed by atoms with Crippen LogP contribution in [-0.2, 0) is 5.41 Å². The highest BCUT2D eigenvalue weighted by Crippen LogP contribution is 2.51. The Bertz CT molecular complexity index is 3790. The largest absolute Gasteiger partial charge is 0.455 e. The Balaban J connectivity index is 1.05. The fraction of sp³-hybridized carbons (Fsp3) is 0.0492. The minimum atomic E-state index is -0.0929. The van der Waals surface area contributed by atoms with E-state index in [0.29, 0.717) is 0 Å². The molecule has 0 amide bonds. The lowest BCUT2D eigenvalue weighted by atomic mass is 9.81. The van der Waals surface area contributed by atoms with Gasteiger partial charge in [0, 0.05) is 43.8 Å². The van der Waals surface area contributed by atoms with Crippen LogP contribution in [-0.4, -0.2) is 4.57 Å². The fourth-order valence-corrected chi connectivity index (χ4v) is 10.8. The van der Waals surface area contributed by atoms with Crippen LogP contribution in [0.1, 0.15) is 25.0 Å². The van der Waals surface area contributed by atoms with Crippen molar-refractivity contribution in [3.8, 4) is 39.1 Å². The SMILES string of the molecule is CC1(C)c2ccccc2-c2ccc(-c3cccc(N(c4cccc5ccccc45)c4ccc(-c5ccccc5-n5c6ccccc6c6ccccc65)c5oc6ccccc6c45)c3)cc21. The molecule has 0 N–H and O–H groups in total. The smallest absolute Gasteiger partial charge is 0.145 e. The molecular formula is C61H42N2O. The van der Waals surface area contributed by atoms with Crippen molar-refractivity contribution in [2.24, 2.45) is 0 Å². The first-order valence-corrected chi connectivity index (χ1v) is 22.2. The van der Waals surface area contributed by atoms with Crippen LogP contribution in [0, 0.1) is 0 Å². The van der Waals surface area contributed by atoms with E-state index in [1.165, 1.54) is 66.0 Å². The number of benzene rings is 10. The third-order valence-corrected chi connectivity index (χ3v) is 13.8. The maximum Gasteiger partial charge on any atom is 0.145 e. The van der Waals surface area contributed by atoms with E-state index in [1.54, 1.807) is 0 Å². The van der Waals surface area contributed by atoms with Gasteiger partial charge in [-0.1, -0.05) is 172 Å². The standard InChI is InChI=1S/C61H42N2O/c1-61(2)51-27-10-5-22-44(51)45-34-33-41(38-52(45)61)40-19-15-20-42(37-40)62(53-31-16-18-39-17-3-4-21-43(39)53)57-36-35-49(60-59(57)50-26-9-14-32-58(50)64-60)48-25-8-13-30-56(48)63-54-28-11-6-23-46(54)47-24-7-12-29-55(47)63/h3-38H,1-2H3. The molecule has 2 heterocycles. The summed E-state index contributed by atoms with van der Waals surface area (Å²) in [5, 5.41) is 6.98. The van der Waals surface area contributed by atoms with Crippen molar-refractivity contribution in [2.45, 2.75) is 19.3 Å². The van der Waals surface area contributed by atoms with Crippen LogP contribution in [0.3, 0.4) is 0 Å². The zero-order valence-electron chi connectivity index (χ0n) is 35.6. The quantitative estimate of drug-likeness (QED) is 0.167. The Hall–Kier alpha value is -8.14. The molecule has 0 bridgehead atoms. The summed E-state index contributed by atoms with van der Waals surface area (Å²) in [5.74, 6) is 0. The molecule has 13 rings (SSSR count). The number of anilines is 3. The average molecular weight is 819 g/mol. The first-order chi connectivity index (χ1) is 31.5. The van der Waals surface area contributed by atoms with Gasteiger partial charge in [0.2, 0.25) is 0 Å². The molecule has 0 spiro atoms. The average Bonchev–Trinajstić information content (AvgIpc) is 3.98. The summed E-state index contributed by atoms with van der Waals surface area (Å²) in [6.07, 6.45) is 0. The summed E-state index contributed by atoms with van der Waals surface area (Å²) in [6.45, 7) is 4.71. The van der Waals surface area contributed by atoms with E-state index in [9.17, 15) is 0 Å². The normalized spacial score (nSPS) is 13.0. The molecule has 1 aliphatic carbocycles. The zero-order chi connectivity index (χ0) is 42.5. The van der Waals surface area contributed by atoms with Crippen molar-refractivity contribution in [2.75, 3.05) is 4.90 Å². The lowest BCUT2D eigenvalue weighted by Gasteiger charge is -2.28. The minimum Gasteiger partial charge on any atom is -0.455 e. The first kappa shape index (κ1) is 36.5. The van der Waals surface area contributed by atoms with E-state index in [1.807, 2.05) is 0 Å². The van der Waals surface area contributed by atoms with Crippen molar-refractivity contribution >= 4 is 71.6 Å². The van der Waals surface area contributed by atoms with E-state index in [0.717, 1.165) is 55.8 Å². The van der Waals surface area contributed by atoms with Gasteiger partial charge >= 0.3 is 0 Å². The van der Waals surface area contributed by atoms with Crippen LogP contribution in [0.5, 0.6) is 0 Å². The van der Waals surface area contributed by atoms with Gasteiger partial charge in [0.1, 0.15) is 11.2 Å². The Morgan fingerprint density at radius 2 is 1.03 bits per heavy atom. The number of aromatic nitrogens is 1. The third kappa shape index (κ3) is 5.34. The Morgan fingerprint density at radius 1 is 0.422 bits per heavy atom. The number of para-hydroxylation sites is 4. The second-order valence-corrected chi connectivity index (χ2v) is 17.6. The highest BCUT2D eigenvalue weighted by atomic mass is 16.3. The molecule has 10 aromatic carbocycles. The van der Waals surface area contributed by atoms with Crippen LogP contribution < -0.4 is 4.90 Å². The number of nitrogens with zero attached hydrogens (tertiary/aromatic N) is 2. The summed E-state index contributed by atoms with van der Waals surface area (Å²) < 4.78 is 9.49. The molecule has 64 heavy (non-hydrogen) atoms. The monoisotopic (exact) mass is 818 g/mol. The molecule has 3 nitrogen and oxygen atoms in total. The molecule has 0 atom stereocenters. The highest BCUT2D eigenvalue weighted by Gasteiger charge is 2.35. The molecule has 302 valence electrons. The van der Waals surface area contributed by atoms with Gasteiger partial charge in [-0.15, -0.1) is 0 Å². The topological polar surface area (TPSA) is 21.3 Å².